The van der Waals surface area contributed by atoms with Crippen molar-refractivity contribution in [2.24, 2.45) is 5.92 Å². The van der Waals surface area contributed by atoms with Crippen LogP contribution in [0, 0.1) is 12.8 Å². The predicted octanol–water partition coefficient (Wildman–Crippen LogP) is 3.16. The van der Waals surface area contributed by atoms with Crippen molar-refractivity contribution in [3.8, 4) is 0 Å². The first-order valence-corrected chi connectivity index (χ1v) is 6.31. The van der Waals surface area contributed by atoms with Crippen molar-refractivity contribution in [3.63, 3.8) is 0 Å². The number of hydrogen-bond acceptors (Lipinski definition) is 2. The zero-order valence-electron chi connectivity index (χ0n) is 9.21. The summed E-state index contributed by atoms with van der Waals surface area (Å²) >= 11 is 1.98. The van der Waals surface area contributed by atoms with E-state index in [0.717, 1.165) is 17.9 Å². The molecule has 14 heavy (non-hydrogen) atoms. The molecular formula is C12H19NS. The molecule has 0 amide bonds. The van der Waals surface area contributed by atoms with Gasteiger partial charge in [-0.25, -0.2) is 0 Å². The van der Waals surface area contributed by atoms with Gasteiger partial charge in [-0.1, -0.05) is 13.3 Å². The van der Waals surface area contributed by atoms with Crippen molar-refractivity contribution in [1.82, 2.24) is 5.32 Å². The van der Waals surface area contributed by atoms with Gasteiger partial charge in [-0.3, -0.25) is 0 Å². The lowest BCUT2D eigenvalue weighted by atomic mass is 9.67. The van der Waals surface area contributed by atoms with Gasteiger partial charge in [0.15, 0.2) is 0 Å². The lowest BCUT2D eigenvalue weighted by Crippen LogP contribution is -2.47. The van der Waals surface area contributed by atoms with E-state index < -0.39 is 0 Å². The van der Waals surface area contributed by atoms with E-state index in [4.69, 9.17) is 0 Å². The molecule has 0 aromatic carbocycles. The largest absolute Gasteiger partial charge is 0.317 e. The van der Waals surface area contributed by atoms with Gasteiger partial charge in [0.1, 0.15) is 0 Å². The van der Waals surface area contributed by atoms with Crippen LogP contribution >= 0.6 is 11.3 Å². The second-order valence-electron chi connectivity index (χ2n) is 4.26. The minimum absolute atomic E-state index is 0.757. The molecule has 1 N–H and O–H groups in total. The average Bonchev–Trinajstić information content (AvgIpc) is 2.52. The van der Waals surface area contributed by atoms with Crippen molar-refractivity contribution in [1.29, 1.82) is 0 Å². The maximum absolute atomic E-state index is 3.41. The highest BCUT2D eigenvalue weighted by atomic mass is 32.1. The Balaban J connectivity index is 2.07. The molecule has 0 radical (unpaired) electrons. The Kier molecular flexibility index (Phi) is 2.93. The lowest BCUT2D eigenvalue weighted by Gasteiger charge is -2.44. The Morgan fingerprint density at radius 2 is 2.29 bits per heavy atom. The van der Waals surface area contributed by atoms with Crippen molar-refractivity contribution in [2.45, 2.75) is 38.6 Å². The molecule has 78 valence electrons. The van der Waals surface area contributed by atoms with Gasteiger partial charge in [0.25, 0.3) is 0 Å². The van der Waals surface area contributed by atoms with Gasteiger partial charge in [0.05, 0.1) is 0 Å². The molecule has 1 aliphatic rings. The van der Waals surface area contributed by atoms with Gasteiger partial charge in [-0.2, -0.15) is 0 Å². The van der Waals surface area contributed by atoms with E-state index in [1.54, 1.807) is 4.88 Å². The zero-order valence-corrected chi connectivity index (χ0v) is 10.0. The maximum atomic E-state index is 3.41. The van der Waals surface area contributed by atoms with Gasteiger partial charge < -0.3 is 5.32 Å². The van der Waals surface area contributed by atoms with E-state index in [-0.39, 0.29) is 0 Å². The maximum Gasteiger partial charge on any atom is 0.0105 e. The minimum atomic E-state index is 0.757. The molecule has 1 aliphatic carbocycles. The van der Waals surface area contributed by atoms with Crippen molar-refractivity contribution in [2.75, 3.05) is 7.05 Å². The third-order valence-corrected chi connectivity index (χ3v) is 4.64. The Morgan fingerprint density at radius 1 is 1.50 bits per heavy atom. The van der Waals surface area contributed by atoms with Crippen LogP contribution in [0.3, 0.4) is 0 Å². The Labute approximate surface area is 90.5 Å². The molecule has 3 atom stereocenters. The average molecular weight is 209 g/mol. The highest BCUT2D eigenvalue weighted by Gasteiger charge is 2.39. The van der Waals surface area contributed by atoms with Crippen LogP contribution in [-0.4, -0.2) is 13.1 Å². The molecule has 2 heteroatoms. The highest BCUT2D eigenvalue weighted by molar-refractivity contribution is 7.12. The monoisotopic (exact) mass is 209 g/mol. The van der Waals surface area contributed by atoms with E-state index >= 15 is 0 Å². The summed E-state index contributed by atoms with van der Waals surface area (Å²) in [5.41, 5.74) is 0. The SMILES string of the molecule is CCC1C(NC)CC1c1ccc(C)s1. The molecule has 1 fully saturated rings. The van der Waals surface area contributed by atoms with Crippen LogP contribution in [0.2, 0.25) is 0 Å². The number of aryl methyl sites for hydroxylation is 1. The predicted molar refractivity (Wildman–Crippen MR) is 63.0 cm³/mol. The van der Waals surface area contributed by atoms with Gasteiger partial charge in [-0.15, -0.1) is 11.3 Å². The summed E-state index contributed by atoms with van der Waals surface area (Å²) in [5, 5.41) is 3.41. The first kappa shape index (κ1) is 10.2. The van der Waals surface area contributed by atoms with Crippen molar-refractivity contribution in [3.05, 3.63) is 21.9 Å². The smallest absolute Gasteiger partial charge is 0.0105 e. The molecule has 0 bridgehead atoms. The Bertz CT molecular complexity index is 305. The quantitative estimate of drug-likeness (QED) is 0.806. The summed E-state index contributed by atoms with van der Waals surface area (Å²) in [4.78, 5) is 3.05. The van der Waals surface area contributed by atoms with Gasteiger partial charge in [0, 0.05) is 15.8 Å². The molecule has 0 aliphatic heterocycles. The van der Waals surface area contributed by atoms with Gasteiger partial charge in [-0.05, 0) is 44.4 Å². The molecule has 1 heterocycles. The first-order valence-electron chi connectivity index (χ1n) is 5.49. The van der Waals surface area contributed by atoms with E-state index in [9.17, 15) is 0 Å². The number of rotatable bonds is 3. The second kappa shape index (κ2) is 4.03. The van der Waals surface area contributed by atoms with E-state index in [0.29, 0.717) is 0 Å². The second-order valence-corrected chi connectivity index (χ2v) is 5.58. The zero-order chi connectivity index (χ0) is 10.1. The number of nitrogens with one attached hydrogen (secondary N) is 1. The fourth-order valence-electron chi connectivity index (χ4n) is 2.59. The fraction of sp³-hybridized carbons (Fsp3) is 0.667. The summed E-state index contributed by atoms with van der Waals surface area (Å²) in [6.45, 7) is 4.50. The molecule has 3 unspecified atom stereocenters. The summed E-state index contributed by atoms with van der Waals surface area (Å²) in [5.74, 6) is 1.69. The van der Waals surface area contributed by atoms with Crippen LogP contribution in [0.4, 0.5) is 0 Å². The van der Waals surface area contributed by atoms with Crippen LogP contribution in [0.15, 0.2) is 12.1 Å². The summed E-state index contributed by atoms with van der Waals surface area (Å²) in [6.07, 6.45) is 2.63. The summed E-state index contributed by atoms with van der Waals surface area (Å²) < 4.78 is 0. The standard InChI is InChI=1S/C12H19NS/c1-4-9-10(7-11(9)13-3)12-6-5-8(2)14-12/h5-6,9-11,13H,4,7H2,1-3H3. The van der Waals surface area contributed by atoms with Crippen LogP contribution in [0.5, 0.6) is 0 Å². The molecule has 0 saturated heterocycles. The molecule has 1 aromatic heterocycles. The highest BCUT2D eigenvalue weighted by Crippen LogP contribution is 2.46. The Hall–Kier alpha value is -0.340. The van der Waals surface area contributed by atoms with Crippen LogP contribution in [0.1, 0.15) is 35.4 Å². The van der Waals surface area contributed by atoms with Gasteiger partial charge >= 0.3 is 0 Å². The van der Waals surface area contributed by atoms with Crippen LogP contribution in [0.25, 0.3) is 0 Å². The van der Waals surface area contributed by atoms with Crippen molar-refractivity contribution >= 4 is 11.3 Å². The molecule has 2 rings (SSSR count). The minimum Gasteiger partial charge on any atom is -0.317 e. The summed E-state index contributed by atoms with van der Waals surface area (Å²) in [7, 11) is 2.09. The van der Waals surface area contributed by atoms with E-state index in [2.05, 4.69) is 38.3 Å². The fourth-order valence-corrected chi connectivity index (χ4v) is 3.65. The molecule has 1 aromatic rings. The van der Waals surface area contributed by atoms with Crippen molar-refractivity contribution < 1.29 is 0 Å². The third-order valence-electron chi connectivity index (χ3n) is 3.51. The van der Waals surface area contributed by atoms with E-state index in [1.807, 2.05) is 11.3 Å². The topological polar surface area (TPSA) is 12.0 Å². The number of thiophene rings is 1. The molecule has 1 saturated carbocycles. The van der Waals surface area contributed by atoms with Gasteiger partial charge in [0.2, 0.25) is 0 Å². The molecule has 1 nitrogen and oxygen atoms in total. The lowest BCUT2D eigenvalue weighted by molar-refractivity contribution is 0.172. The number of hydrogen-bond donors (Lipinski definition) is 1. The normalized spacial score (nSPS) is 31.5. The third kappa shape index (κ3) is 1.61. The summed E-state index contributed by atoms with van der Waals surface area (Å²) in [6, 6.07) is 5.32. The Morgan fingerprint density at radius 3 is 2.79 bits per heavy atom. The van der Waals surface area contributed by atoms with E-state index in [1.165, 1.54) is 17.7 Å². The molecular weight excluding hydrogens is 190 g/mol. The van der Waals surface area contributed by atoms with Crippen LogP contribution < -0.4 is 5.32 Å². The van der Waals surface area contributed by atoms with Crippen LogP contribution in [-0.2, 0) is 0 Å². The molecule has 0 spiro atoms. The first-order chi connectivity index (χ1) is 6.76.